The number of hydrogen-bond acceptors (Lipinski definition) is 3. The summed E-state index contributed by atoms with van der Waals surface area (Å²) in [6, 6.07) is 2.81. The Kier molecular flexibility index (Phi) is 3.70. The molecule has 0 atom stereocenters. The highest BCUT2D eigenvalue weighted by atomic mass is 19.1. The number of carbonyl (C=O) groups excluding carboxylic acids is 1. The third-order valence-corrected chi connectivity index (χ3v) is 2.78. The zero-order chi connectivity index (χ0) is 14.9. The summed E-state index contributed by atoms with van der Waals surface area (Å²) in [6.45, 7) is 9.57. The number of hydrogen-bond donors (Lipinski definition) is 0. The Bertz CT molecular complexity index is 549. The summed E-state index contributed by atoms with van der Waals surface area (Å²) in [5.41, 5.74) is 0.123. The maximum atomic E-state index is 13.8. The molecule has 0 saturated carbocycles. The Morgan fingerprint density at radius 3 is 2.80 bits per heavy atom. The van der Waals surface area contributed by atoms with E-state index in [0.29, 0.717) is 30.2 Å². The normalized spacial score (nSPS) is 14.3. The minimum absolute atomic E-state index is 0.328. The highest BCUT2D eigenvalue weighted by Crippen LogP contribution is 2.35. The van der Waals surface area contributed by atoms with Crippen molar-refractivity contribution in [2.45, 2.75) is 26.4 Å². The van der Waals surface area contributed by atoms with Crippen molar-refractivity contribution in [1.29, 1.82) is 0 Å². The predicted octanol–water partition coefficient (Wildman–Crippen LogP) is 3.60. The summed E-state index contributed by atoms with van der Waals surface area (Å²) in [5, 5.41) is 0. The van der Waals surface area contributed by atoms with Crippen molar-refractivity contribution in [3.05, 3.63) is 30.1 Å². The molecular formula is C15H18FNO3. The van der Waals surface area contributed by atoms with Crippen molar-refractivity contribution >= 4 is 17.9 Å². The standard InChI is InChI=1S/C15H18FNO3/c1-5-10-8-13-12(9-11(10)16)17(6-7-19-13)14(18)20-15(2,3)4/h5,8-9H,1,6-7H2,2-4H3. The average Bonchev–Trinajstić information content (AvgIpc) is 2.35. The molecule has 1 heterocycles. The molecule has 0 aliphatic carbocycles. The number of nitrogens with zero attached hydrogens (tertiary/aromatic N) is 1. The van der Waals surface area contributed by atoms with Crippen LogP contribution < -0.4 is 9.64 Å². The van der Waals surface area contributed by atoms with Crippen LogP contribution in [0.3, 0.4) is 0 Å². The van der Waals surface area contributed by atoms with E-state index >= 15 is 0 Å². The molecule has 108 valence electrons. The van der Waals surface area contributed by atoms with Crippen LogP contribution in [0.1, 0.15) is 26.3 Å². The Labute approximate surface area is 117 Å². The van der Waals surface area contributed by atoms with Gasteiger partial charge in [0, 0.05) is 11.6 Å². The van der Waals surface area contributed by atoms with Gasteiger partial charge in [0.25, 0.3) is 0 Å². The van der Waals surface area contributed by atoms with Gasteiger partial charge in [0.05, 0.1) is 12.2 Å². The molecule has 1 aliphatic rings. The van der Waals surface area contributed by atoms with Crippen molar-refractivity contribution in [1.82, 2.24) is 0 Å². The van der Waals surface area contributed by atoms with Crippen LogP contribution in [0.5, 0.6) is 5.75 Å². The van der Waals surface area contributed by atoms with Gasteiger partial charge in [-0.15, -0.1) is 0 Å². The zero-order valence-corrected chi connectivity index (χ0v) is 11.9. The summed E-state index contributed by atoms with van der Waals surface area (Å²) >= 11 is 0. The molecule has 0 saturated heterocycles. The van der Waals surface area contributed by atoms with Gasteiger partial charge in [0.2, 0.25) is 0 Å². The first-order chi connectivity index (χ1) is 9.31. The summed E-state index contributed by atoms with van der Waals surface area (Å²) in [4.78, 5) is 13.5. The Morgan fingerprint density at radius 1 is 1.50 bits per heavy atom. The molecule has 1 amide bonds. The Morgan fingerprint density at radius 2 is 2.20 bits per heavy atom. The molecule has 1 aromatic rings. The molecule has 0 radical (unpaired) electrons. The highest BCUT2D eigenvalue weighted by molar-refractivity contribution is 5.90. The van der Waals surface area contributed by atoms with Gasteiger partial charge in [-0.25, -0.2) is 9.18 Å². The minimum atomic E-state index is -0.602. The SMILES string of the molecule is C=Cc1cc2c(cc1F)N(C(=O)OC(C)(C)C)CCO2. The summed E-state index contributed by atoms with van der Waals surface area (Å²) in [6.07, 6.45) is 0.901. The monoisotopic (exact) mass is 279 g/mol. The van der Waals surface area contributed by atoms with E-state index in [0.717, 1.165) is 0 Å². The van der Waals surface area contributed by atoms with Crippen molar-refractivity contribution in [2.75, 3.05) is 18.1 Å². The molecule has 4 nitrogen and oxygen atoms in total. The number of carbonyl (C=O) groups is 1. The second kappa shape index (κ2) is 5.15. The number of ether oxygens (including phenoxy) is 2. The molecule has 1 aromatic carbocycles. The largest absolute Gasteiger partial charge is 0.490 e. The molecule has 0 fully saturated rings. The predicted molar refractivity (Wildman–Crippen MR) is 75.6 cm³/mol. The first-order valence-electron chi connectivity index (χ1n) is 6.41. The average molecular weight is 279 g/mol. The van der Waals surface area contributed by atoms with Gasteiger partial charge in [0.15, 0.2) is 0 Å². The fraction of sp³-hybridized carbons (Fsp3) is 0.400. The van der Waals surface area contributed by atoms with Crippen LogP contribution in [0.2, 0.25) is 0 Å². The lowest BCUT2D eigenvalue weighted by atomic mass is 10.1. The molecule has 5 heteroatoms. The van der Waals surface area contributed by atoms with E-state index in [1.807, 2.05) is 0 Å². The summed E-state index contributed by atoms with van der Waals surface area (Å²) in [5.74, 6) is 0.0104. The molecule has 20 heavy (non-hydrogen) atoms. The number of rotatable bonds is 1. The van der Waals surface area contributed by atoms with E-state index in [-0.39, 0.29) is 0 Å². The highest BCUT2D eigenvalue weighted by Gasteiger charge is 2.29. The van der Waals surface area contributed by atoms with Crippen molar-refractivity contribution < 1.29 is 18.7 Å². The third kappa shape index (κ3) is 2.92. The maximum Gasteiger partial charge on any atom is 0.415 e. The van der Waals surface area contributed by atoms with E-state index in [1.165, 1.54) is 23.1 Å². The smallest absolute Gasteiger partial charge is 0.415 e. The maximum absolute atomic E-state index is 13.8. The van der Waals surface area contributed by atoms with Crippen LogP contribution in [0.4, 0.5) is 14.9 Å². The van der Waals surface area contributed by atoms with Gasteiger partial charge in [-0.3, -0.25) is 4.90 Å². The van der Waals surface area contributed by atoms with E-state index in [2.05, 4.69) is 6.58 Å². The van der Waals surface area contributed by atoms with Crippen LogP contribution in [-0.4, -0.2) is 24.8 Å². The fourth-order valence-electron chi connectivity index (χ4n) is 1.92. The van der Waals surface area contributed by atoms with E-state index in [4.69, 9.17) is 9.47 Å². The Hall–Kier alpha value is -2.04. The topological polar surface area (TPSA) is 38.8 Å². The van der Waals surface area contributed by atoms with Gasteiger partial charge < -0.3 is 9.47 Å². The van der Waals surface area contributed by atoms with Crippen LogP contribution in [0, 0.1) is 5.82 Å². The number of fused-ring (bicyclic) bond motifs is 1. The van der Waals surface area contributed by atoms with E-state index in [1.54, 1.807) is 20.8 Å². The second-order valence-electron chi connectivity index (χ2n) is 5.53. The molecular weight excluding hydrogens is 261 g/mol. The number of benzene rings is 1. The van der Waals surface area contributed by atoms with Gasteiger partial charge in [-0.2, -0.15) is 0 Å². The number of halogens is 1. The van der Waals surface area contributed by atoms with Crippen LogP contribution in [0.25, 0.3) is 6.08 Å². The first kappa shape index (κ1) is 14.4. The molecule has 0 aromatic heterocycles. The van der Waals surface area contributed by atoms with Crippen molar-refractivity contribution in [2.24, 2.45) is 0 Å². The van der Waals surface area contributed by atoms with Crippen molar-refractivity contribution in [3.8, 4) is 5.75 Å². The number of anilines is 1. The van der Waals surface area contributed by atoms with Crippen LogP contribution in [-0.2, 0) is 4.74 Å². The van der Waals surface area contributed by atoms with Gasteiger partial charge in [-0.05, 0) is 26.8 Å². The molecule has 2 rings (SSSR count). The van der Waals surface area contributed by atoms with Crippen LogP contribution >= 0.6 is 0 Å². The minimum Gasteiger partial charge on any atom is -0.490 e. The quantitative estimate of drug-likeness (QED) is 0.788. The van der Waals surface area contributed by atoms with Gasteiger partial charge >= 0.3 is 6.09 Å². The number of amides is 1. The molecule has 0 unspecified atom stereocenters. The van der Waals surface area contributed by atoms with Crippen LogP contribution in [0.15, 0.2) is 18.7 Å². The zero-order valence-electron chi connectivity index (χ0n) is 11.9. The summed E-state index contributed by atoms with van der Waals surface area (Å²) in [7, 11) is 0. The lowest BCUT2D eigenvalue weighted by Gasteiger charge is -2.31. The molecule has 1 aliphatic heterocycles. The molecule has 0 spiro atoms. The van der Waals surface area contributed by atoms with Crippen molar-refractivity contribution in [3.63, 3.8) is 0 Å². The fourth-order valence-corrected chi connectivity index (χ4v) is 1.92. The van der Waals surface area contributed by atoms with Gasteiger partial charge in [0.1, 0.15) is 23.8 Å². The van der Waals surface area contributed by atoms with Gasteiger partial charge in [-0.1, -0.05) is 12.7 Å². The lowest BCUT2D eigenvalue weighted by molar-refractivity contribution is 0.0567. The van der Waals surface area contributed by atoms with E-state index in [9.17, 15) is 9.18 Å². The lowest BCUT2D eigenvalue weighted by Crippen LogP contribution is -2.41. The molecule has 0 N–H and O–H groups in total. The first-order valence-corrected chi connectivity index (χ1v) is 6.41. The second-order valence-corrected chi connectivity index (χ2v) is 5.53. The van der Waals surface area contributed by atoms with E-state index < -0.39 is 17.5 Å². The molecule has 0 bridgehead atoms. The Balaban J connectivity index is 2.35. The summed E-state index contributed by atoms with van der Waals surface area (Å²) < 4.78 is 24.6. The third-order valence-electron chi connectivity index (χ3n) is 2.78.